The molecule has 0 saturated carbocycles. The predicted octanol–water partition coefficient (Wildman–Crippen LogP) is 3.74. The lowest BCUT2D eigenvalue weighted by Gasteiger charge is -2.16. The number of ketones is 1. The minimum atomic E-state index is -0.162. The van der Waals surface area contributed by atoms with Crippen molar-refractivity contribution < 1.29 is 23.8 Å². The van der Waals surface area contributed by atoms with Crippen molar-refractivity contribution in [1.29, 1.82) is 0 Å². The van der Waals surface area contributed by atoms with E-state index in [1.54, 1.807) is 62.6 Å². The van der Waals surface area contributed by atoms with Gasteiger partial charge >= 0.3 is 0 Å². The van der Waals surface area contributed by atoms with Crippen LogP contribution in [0, 0.1) is 0 Å². The van der Waals surface area contributed by atoms with Gasteiger partial charge in [0.05, 0.1) is 21.3 Å². The van der Waals surface area contributed by atoms with E-state index in [1.807, 2.05) is 6.07 Å². The Bertz CT molecular complexity index is 919. The van der Waals surface area contributed by atoms with Crippen LogP contribution in [0.3, 0.4) is 0 Å². The zero-order valence-corrected chi connectivity index (χ0v) is 16.2. The molecule has 0 bridgehead atoms. The zero-order valence-electron chi connectivity index (χ0n) is 16.2. The Morgan fingerprint density at radius 3 is 2.36 bits per heavy atom. The Morgan fingerprint density at radius 1 is 1.00 bits per heavy atom. The summed E-state index contributed by atoms with van der Waals surface area (Å²) in [5.41, 5.74) is 1.97. The van der Waals surface area contributed by atoms with Crippen LogP contribution in [0.4, 0.5) is 5.69 Å². The fourth-order valence-electron chi connectivity index (χ4n) is 3.19. The Kier molecular flexibility index (Phi) is 5.99. The van der Waals surface area contributed by atoms with Gasteiger partial charge in [-0.05, 0) is 36.8 Å². The minimum Gasteiger partial charge on any atom is -0.496 e. The SMILES string of the molecule is COc1cc(OC)c(OC)cc1/C=C/C(=O)c1cccc(N2CCCC2=O)c1. The quantitative estimate of drug-likeness (QED) is 0.540. The van der Waals surface area contributed by atoms with Crippen molar-refractivity contribution in [2.75, 3.05) is 32.8 Å². The van der Waals surface area contributed by atoms with Crippen molar-refractivity contribution in [3.8, 4) is 17.2 Å². The normalized spacial score (nSPS) is 13.8. The Hall–Kier alpha value is -3.28. The number of ether oxygens (including phenoxy) is 3. The van der Waals surface area contributed by atoms with Crippen LogP contribution in [0.25, 0.3) is 6.08 Å². The van der Waals surface area contributed by atoms with Gasteiger partial charge in [-0.25, -0.2) is 0 Å². The Morgan fingerprint density at radius 2 is 1.71 bits per heavy atom. The highest BCUT2D eigenvalue weighted by Crippen LogP contribution is 2.35. The van der Waals surface area contributed by atoms with Gasteiger partial charge in [-0.1, -0.05) is 12.1 Å². The van der Waals surface area contributed by atoms with E-state index >= 15 is 0 Å². The summed E-state index contributed by atoms with van der Waals surface area (Å²) < 4.78 is 16.0. The third kappa shape index (κ3) is 4.01. The van der Waals surface area contributed by atoms with Gasteiger partial charge in [0.15, 0.2) is 17.3 Å². The maximum absolute atomic E-state index is 12.7. The van der Waals surface area contributed by atoms with Crippen molar-refractivity contribution in [1.82, 2.24) is 0 Å². The number of anilines is 1. The molecule has 6 nitrogen and oxygen atoms in total. The molecule has 1 heterocycles. The lowest BCUT2D eigenvalue weighted by atomic mass is 10.1. The fourth-order valence-corrected chi connectivity index (χ4v) is 3.19. The second kappa shape index (κ2) is 8.61. The number of nitrogens with zero attached hydrogens (tertiary/aromatic N) is 1. The number of carbonyl (C=O) groups excluding carboxylic acids is 2. The van der Waals surface area contributed by atoms with E-state index < -0.39 is 0 Å². The van der Waals surface area contributed by atoms with Crippen LogP contribution in [-0.2, 0) is 4.79 Å². The number of methoxy groups -OCH3 is 3. The average Bonchev–Trinajstić information content (AvgIpc) is 3.17. The second-order valence-electron chi connectivity index (χ2n) is 6.35. The molecule has 1 amide bonds. The maximum Gasteiger partial charge on any atom is 0.227 e. The van der Waals surface area contributed by atoms with Gasteiger partial charge in [0.2, 0.25) is 5.91 Å². The number of amides is 1. The first kappa shape index (κ1) is 19.5. The van der Waals surface area contributed by atoms with Crippen molar-refractivity contribution >= 4 is 23.5 Å². The first-order chi connectivity index (χ1) is 13.6. The van der Waals surface area contributed by atoms with E-state index in [0.717, 1.165) is 12.1 Å². The molecular weight excluding hydrogens is 358 g/mol. The first-order valence-corrected chi connectivity index (χ1v) is 9.00. The van der Waals surface area contributed by atoms with Crippen molar-refractivity contribution in [2.24, 2.45) is 0 Å². The first-order valence-electron chi connectivity index (χ1n) is 9.00. The van der Waals surface area contributed by atoms with Crippen molar-refractivity contribution in [2.45, 2.75) is 12.8 Å². The summed E-state index contributed by atoms with van der Waals surface area (Å²) in [6, 6.07) is 10.6. The second-order valence-corrected chi connectivity index (χ2v) is 6.35. The molecule has 146 valence electrons. The van der Waals surface area contributed by atoms with E-state index in [1.165, 1.54) is 6.08 Å². The van der Waals surface area contributed by atoms with E-state index in [-0.39, 0.29) is 11.7 Å². The molecule has 0 aromatic heterocycles. The van der Waals surface area contributed by atoms with E-state index in [2.05, 4.69) is 0 Å². The van der Waals surface area contributed by atoms with Crippen LogP contribution in [-0.4, -0.2) is 39.6 Å². The average molecular weight is 381 g/mol. The maximum atomic E-state index is 12.7. The van der Waals surface area contributed by atoms with Crippen molar-refractivity contribution in [3.05, 3.63) is 53.6 Å². The Balaban J connectivity index is 1.85. The zero-order chi connectivity index (χ0) is 20.1. The van der Waals surface area contributed by atoms with Crippen LogP contribution in [0.1, 0.15) is 28.8 Å². The smallest absolute Gasteiger partial charge is 0.227 e. The molecule has 3 rings (SSSR count). The van der Waals surface area contributed by atoms with Gasteiger partial charge in [0.25, 0.3) is 0 Å². The number of hydrogen-bond donors (Lipinski definition) is 0. The van der Waals surface area contributed by atoms with Crippen LogP contribution in [0.15, 0.2) is 42.5 Å². The third-order valence-electron chi connectivity index (χ3n) is 4.67. The van der Waals surface area contributed by atoms with Crippen molar-refractivity contribution in [3.63, 3.8) is 0 Å². The summed E-state index contributed by atoms with van der Waals surface area (Å²) >= 11 is 0. The third-order valence-corrected chi connectivity index (χ3v) is 4.67. The number of carbonyl (C=O) groups is 2. The van der Waals surface area contributed by atoms with Crippen LogP contribution >= 0.6 is 0 Å². The molecule has 0 spiro atoms. The van der Waals surface area contributed by atoms with E-state index in [4.69, 9.17) is 14.2 Å². The Labute approximate surface area is 164 Å². The summed E-state index contributed by atoms with van der Waals surface area (Å²) in [7, 11) is 4.65. The molecule has 1 aliphatic heterocycles. The molecule has 2 aromatic carbocycles. The van der Waals surface area contributed by atoms with Gasteiger partial charge < -0.3 is 19.1 Å². The summed E-state index contributed by atoms with van der Waals surface area (Å²) in [6.45, 7) is 0.690. The van der Waals surface area contributed by atoms with Gasteiger partial charge in [-0.2, -0.15) is 0 Å². The van der Waals surface area contributed by atoms with Gasteiger partial charge in [-0.3, -0.25) is 9.59 Å². The van der Waals surface area contributed by atoms with Crippen LogP contribution < -0.4 is 19.1 Å². The molecule has 1 aliphatic rings. The topological polar surface area (TPSA) is 65.1 Å². The number of benzene rings is 2. The molecule has 2 aromatic rings. The summed E-state index contributed by atoms with van der Waals surface area (Å²) in [4.78, 5) is 26.3. The van der Waals surface area contributed by atoms with Crippen LogP contribution in [0.2, 0.25) is 0 Å². The molecule has 6 heteroatoms. The molecular formula is C22H23NO5. The molecule has 0 N–H and O–H groups in total. The van der Waals surface area contributed by atoms with Gasteiger partial charge in [0, 0.05) is 35.8 Å². The molecule has 0 radical (unpaired) electrons. The largest absolute Gasteiger partial charge is 0.496 e. The van der Waals surface area contributed by atoms with E-state index in [9.17, 15) is 9.59 Å². The molecule has 28 heavy (non-hydrogen) atoms. The summed E-state index contributed by atoms with van der Waals surface area (Å²) in [6.07, 6.45) is 4.55. The number of allylic oxidation sites excluding steroid dienone is 1. The summed E-state index contributed by atoms with van der Waals surface area (Å²) in [5, 5.41) is 0. The predicted molar refractivity (Wildman–Crippen MR) is 107 cm³/mol. The highest BCUT2D eigenvalue weighted by atomic mass is 16.5. The summed E-state index contributed by atoms with van der Waals surface area (Å²) in [5.74, 6) is 1.59. The molecule has 0 atom stereocenters. The lowest BCUT2D eigenvalue weighted by molar-refractivity contribution is -0.117. The van der Waals surface area contributed by atoms with Crippen LogP contribution in [0.5, 0.6) is 17.2 Å². The number of hydrogen-bond acceptors (Lipinski definition) is 5. The molecule has 0 aliphatic carbocycles. The minimum absolute atomic E-state index is 0.0928. The van der Waals surface area contributed by atoms with Gasteiger partial charge in [0.1, 0.15) is 5.75 Å². The fraction of sp³-hybridized carbons (Fsp3) is 0.273. The standard InChI is InChI=1S/C22H23NO5/c1-26-19-14-21(28-3)20(27-2)13-16(19)9-10-18(24)15-6-4-7-17(12-15)23-11-5-8-22(23)25/h4,6-7,9-10,12-14H,5,8,11H2,1-3H3/b10-9+. The van der Waals surface area contributed by atoms with Gasteiger partial charge in [-0.15, -0.1) is 0 Å². The highest BCUT2D eigenvalue weighted by Gasteiger charge is 2.22. The monoisotopic (exact) mass is 381 g/mol. The molecule has 1 saturated heterocycles. The molecule has 0 unspecified atom stereocenters. The highest BCUT2D eigenvalue weighted by molar-refractivity contribution is 6.08. The van der Waals surface area contributed by atoms with E-state index in [0.29, 0.717) is 41.3 Å². The number of rotatable bonds is 7. The molecule has 1 fully saturated rings. The lowest BCUT2D eigenvalue weighted by Crippen LogP contribution is -2.23.